The van der Waals surface area contributed by atoms with E-state index in [0.29, 0.717) is 5.41 Å². The van der Waals surface area contributed by atoms with Crippen molar-refractivity contribution in [3.8, 4) is 0 Å². The van der Waals surface area contributed by atoms with Crippen molar-refractivity contribution in [1.82, 2.24) is 0 Å². The maximum Gasteiger partial charge on any atom is 0.00569 e. The Morgan fingerprint density at radius 1 is 1.12 bits per heavy atom. The highest BCUT2D eigenvalue weighted by Gasteiger charge is 2.55. The third kappa shape index (κ3) is 1.14. The lowest BCUT2D eigenvalue weighted by molar-refractivity contribution is -0.0361. The molecule has 1 aromatic rings. The molecule has 4 aliphatic rings. The second-order valence-corrected chi connectivity index (χ2v) is 6.70. The molecule has 0 amide bonds. The van der Waals surface area contributed by atoms with Crippen molar-refractivity contribution in [2.24, 2.45) is 17.3 Å². The molecule has 88 valence electrons. The Balaban J connectivity index is 1.80. The predicted octanol–water partition coefficient (Wildman–Crippen LogP) is 4.32. The molecule has 3 atom stereocenters. The summed E-state index contributed by atoms with van der Waals surface area (Å²) < 4.78 is 0. The monoisotopic (exact) mass is 224 g/mol. The summed E-state index contributed by atoms with van der Waals surface area (Å²) in [6.45, 7) is 4.95. The smallest absolute Gasteiger partial charge is 0.00569 e. The largest absolute Gasteiger partial charge is 0.0800 e. The molecule has 3 fully saturated rings. The topological polar surface area (TPSA) is 0 Å². The standard InChI is InChI=1S/C17H20/c1-17(2)12-9-15-13-6-4-3-5-11(13)7-8-14(15)16(17)10-12/h3-6,8,12,15-16H,7,9-10H2,1-2H3/t12-,15-,16+/m0/s1. The van der Waals surface area contributed by atoms with E-state index < -0.39 is 0 Å². The van der Waals surface area contributed by atoms with Crippen LogP contribution in [0.15, 0.2) is 35.9 Å². The average Bonchev–Trinajstić information content (AvgIpc) is 2.37. The quantitative estimate of drug-likeness (QED) is 0.576. The van der Waals surface area contributed by atoms with Gasteiger partial charge in [0.05, 0.1) is 0 Å². The van der Waals surface area contributed by atoms with Gasteiger partial charge in [0.2, 0.25) is 0 Å². The number of benzene rings is 1. The molecule has 5 rings (SSSR count). The predicted molar refractivity (Wildman–Crippen MR) is 71.0 cm³/mol. The van der Waals surface area contributed by atoms with Gasteiger partial charge in [-0.3, -0.25) is 0 Å². The van der Waals surface area contributed by atoms with Gasteiger partial charge in [0.15, 0.2) is 0 Å². The van der Waals surface area contributed by atoms with E-state index in [-0.39, 0.29) is 0 Å². The van der Waals surface area contributed by atoms with Crippen LogP contribution in [0.25, 0.3) is 0 Å². The van der Waals surface area contributed by atoms with E-state index >= 15 is 0 Å². The summed E-state index contributed by atoms with van der Waals surface area (Å²) >= 11 is 0. The summed E-state index contributed by atoms with van der Waals surface area (Å²) in [4.78, 5) is 0. The number of hydrogen-bond acceptors (Lipinski definition) is 0. The summed E-state index contributed by atoms with van der Waals surface area (Å²) in [7, 11) is 0. The normalized spacial score (nSPS) is 36.4. The second-order valence-electron chi connectivity index (χ2n) is 6.70. The van der Waals surface area contributed by atoms with Crippen LogP contribution < -0.4 is 0 Å². The molecule has 0 radical (unpaired) electrons. The highest BCUT2D eigenvalue weighted by molar-refractivity contribution is 5.45. The van der Waals surface area contributed by atoms with Gasteiger partial charge in [0.1, 0.15) is 0 Å². The van der Waals surface area contributed by atoms with Crippen LogP contribution in [0.3, 0.4) is 0 Å². The van der Waals surface area contributed by atoms with Gasteiger partial charge in [0, 0.05) is 5.92 Å². The van der Waals surface area contributed by atoms with Crippen LogP contribution in [0.5, 0.6) is 0 Å². The Bertz CT molecular complexity index is 507. The first-order chi connectivity index (χ1) is 8.18. The van der Waals surface area contributed by atoms with Crippen LogP contribution in [-0.2, 0) is 6.42 Å². The van der Waals surface area contributed by atoms with Gasteiger partial charge in [-0.25, -0.2) is 0 Å². The van der Waals surface area contributed by atoms with Gasteiger partial charge in [0.25, 0.3) is 0 Å². The Morgan fingerprint density at radius 3 is 2.76 bits per heavy atom. The minimum Gasteiger partial charge on any atom is -0.0800 e. The second kappa shape index (κ2) is 3.04. The van der Waals surface area contributed by atoms with Crippen molar-refractivity contribution in [1.29, 1.82) is 0 Å². The average molecular weight is 224 g/mol. The van der Waals surface area contributed by atoms with Crippen molar-refractivity contribution in [3.63, 3.8) is 0 Å². The molecule has 4 aliphatic carbocycles. The number of rotatable bonds is 0. The van der Waals surface area contributed by atoms with Gasteiger partial charge in [-0.1, -0.05) is 49.8 Å². The Hall–Kier alpha value is -1.04. The number of allylic oxidation sites excluding steroid dienone is 2. The minimum absolute atomic E-state index is 0.578. The molecular formula is C17H20. The summed E-state index contributed by atoms with van der Waals surface area (Å²) in [5.74, 6) is 2.59. The number of fused-ring (bicyclic) bond motifs is 1. The van der Waals surface area contributed by atoms with Crippen LogP contribution in [0.1, 0.15) is 43.7 Å². The highest BCUT2D eigenvalue weighted by Crippen LogP contribution is 2.65. The van der Waals surface area contributed by atoms with Crippen molar-refractivity contribution < 1.29 is 0 Å². The molecule has 2 bridgehead atoms. The highest BCUT2D eigenvalue weighted by atomic mass is 14.6. The lowest BCUT2D eigenvalue weighted by atomic mass is 9.44. The van der Waals surface area contributed by atoms with E-state index in [1.165, 1.54) is 19.3 Å². The molecule has 0 heteroatoms. The lowest BCUT2D eigenvalue weighted by Gasteiger charge is -2.61. The van der Waals surface area contributed by atoms with Gasteiger partial charge >= 0.3 is 0 Å². The molecule has 1 aromatic carbocycles. The van der Waals surface area contributed by atoms with Crippen LogP contribution in [-0.4, -0.2) is 0 Å². The zero-order chi connectivity index (χ0) is 11.6. The van der Waals surface area contributed by atoms with E-state index in [9.17, 15) is 0 Å². The van der Waals surface area contributed by atoms with Gasteiger partial charge in [-0.05, 0) is 47.6 Å². The first-order valence-corrected chi connectivity index (χ1v) is 6.95. The van der Waals surface area contributed by atoms with Crippen molar-refractivity contribution in [3.05, 3.63) is 47.0 Å². The SMILES string of the molecule is CC1(C)[C@H]2C[C@@H]3C(=CCc4ccccc43)[C@H]1C2. The zero-order valence-corrected chi connectivity index (χ0v) is 10.7. The molecule has 0 spiro atoms. The molecule has 0 nitrogen and oxygen atoms in total. The van der Waals surface area contributed by atoms with Crippen LogP contribution in [0.4, 0.5) is 0 Å². The van der Waals surface area contributed by atoms with Crippen molar-refractivity contribution >= 4 is 0 Å². The van der Waals surface area contributed by atoms with Gasteiger partial charge in [-0.15, -0.1) is 0 Å². The van der Waals surface area contributed by atoms with Crippen LogP contribution in [0.2, 0.25) is 0 Å². The summed E-state index contributed by atoms with van der Waals surface area (Å²) in [6, 6.07) is 9.08. The Labute approximate surface area is 104 Å². The molecular weight excluding hydrogens is 204 g/mol. The summed E-state index contributed by atoms with van der Waals surface area (Å²) in [5, 5.41) is 0. The molecule has 0 N–H and O–H groups in total. The fourth-order valence-electron chi connectivity index (χ4n) is 4.52. The van der Waals surface area contributed by atoms with Gasteiger partial charge in [-0.2, -0.15) is 0 Å². The summed E-state index contributed by atoms with van der Waals surface area (Å²) in [5.41, 5.74) is 5.56. The van der Waals surface area contributed by atoms with E-state index in [1.54, 1.807) is 16.7 Å². The maximum absolute atomic E-state index is 2.55. The molecule has 0 aromatic heterocycles. The lowest BCUT2D eigenvalue weighted by Crippen LogP contribution is -2.51. The fourth-order valence-corrected chi connectivity index (χ4v) is 4.52. The third-order valence-corrected chi connectivity index (χ3v) is 5.78. The van der Waals surface area contributed by atoms with Crippen molar-refractivity contribution in [2.45, 2.75) is 39.0 Å². The van der Waals surface area contributed by atoms with E-state index in [2.05, 4.69) is 44.2 Å². The van der Waals surface area contributed by atoms with Crippen molar-refractivity contribution in [2.75, 3.05) is 0 Å². The van der Waals surface area contributed by atoms with E-state index in [0.717, 1.165) is 17.8 Å². The zero-order valence-electron chi connectivity index (χ0n) is 10.7. The Morgan fingerprint density at radius 2 is 1.94 bits per heavy atom. The Kier molecular flexibility index (Phi) is 1.78. The van der Waals surface area contributed by atoms with Crippen LogP contribution in [0, 0.1) is 17.3 Å². The van der Waals surface area contributed by atoms with E-state index in [1.807, 2.05) is 0 Å². The summed E-state index contributed by atoms with van der Waals surface area (Å²) in [6.07, 6.45) is 6.57. The van der Waals surface area contributed by atoms with Gasteiger partial charge < -0.3 is 0 Å². The molecule has 0 saturated heterocycles. The molecule has 0 unspecified atom stereocenters. The first-order valence-electron chi connectivity index (χ1n) is 6.95. The first kappa shape index (κ1) is 9.94. The van der Waals surface area contributed by atoms with Crippen LogP contribution >= 0.6 is 0 Å². The maximum atomic E-state index is 2.55. The van der Waals surface area contributed by atoms with E-state index in [4.69, 9.17) is 0 Å². The third-order valence-electron chi connectivity index (χ3n) is 5.78. The fraction of sp³-hybridized carbons (Fsp3) is 0.529. The molecule has 0 aliphatic heterocycles. The minimum atomic E-state index is 0.578. The number of hydrogen-bond donors (Lipinski definition) is 0. The molecule has 17 heavy (non-hydrogen) atoms. The molecule has 0 heterocycles. The molecule has 3 saturated carbocycles.